The topological polar surface area (TPSA) is 69.6 Å². The van der Waals surface area contributed by atoms with Gasteiger partial charge in [-0.1, -0.05) is 35.1 Å². The number of halogens is 2. The summed E-state index contributed by atoms with van der Waals surface area (Å²) in [5, 5.41) is 17.7. The Balaban J connectivity index is 2.77. The number of carboxylic acids is 1. The van der Waals surface area contributed by atoms with Crippen LogP contribution in [0, 0.1) is 0 Å². The summed E-state index contributed by atoms with van der Waals surface area (Å²) in [7, 11) is 0. The fraction of sp³-hybridized carbons (Fsp3) is 0.300. The van der Waals surface area contributed by atoms with Crippen molar-refractivity contribution in [3.63, 3.8) is 0 Å². The zero-order chi connectivity index (χ0) is 12.8. The Hall–Kier alpha value is -0.620. The Labute approximate surface area is 113 Å². The van der Waals surface area contributed by atoms with Crippen LogP contribution in [0.3, 0.4) is 0 Å². The SMILES string of the molecule is O=C(O)c1cc(NSCCCO)cc(Cl)c1Cl. The first-order valence-corrected chi connectivity index (χ1v) is 6.51. The average molecular weight is 296 g/mol. The molecule has 3 N–H and O–H groups in total. The van der Waals surface area contributed by atoms with Crippen LogP contribution in [0.1, 0.15) is 16.8 Å². The second kappa shape index (κ2) is 6.96. The number of aliphatic hydroxyl groups excluding tert-OH is 1. The molecule has 94 valence electrons. The van der Waals surface area contributed by atoms with Gasteiger partial charge in [0, 0.05) is 18.0 Å². The molecule has 0 bridgehead atoms. The number of hydrogen-bond donors (Lipinski definition) is 3. The van der Waals surface area contributed by atoms with Crippen LogP contribution in [0.4, 0.5) is 5.69 Å². The van der Waals surface area contributed by atoms with Gasteiger partial charge in [-0.15, -0.1) is 0 Å². The van der Waals surface area contributed by atoms with Gasteiger partial charge in [0.15, 0.2) is 0 Å². The molecule has 0 aliphatic carbocycles. The number of carboxylic acid groups (broad SMARTS) is 1. The molecule has 0 aliphatic rings. The lowest BCUT2D eigenvalue weighted by atomic mass is 10.2. The van der Waals surface area contributed by atoms with Crippen LogP contribution in [-0.2, 0) is 0 Å². The van der Waals surface area contributed by atoms with Gasteiger partial charge in [-0.2, -0.15) is 0 Å². The van der Waals surface area contributed by atoms with Crippen molar-refractivity contribution in [2.24, 2.45) is 0 Å². The first-order valence-electron chi connectivity index (χ1n) is 4.77. The van der Waals surface area contributed by atoms with Crippen LogP contribution in [0.5, 0.6) is 0 Å². The van der Waals surface area contributed by atoms with E-state index in [1.165, 1.54) is 18.0 Å². The quantitative estimate of drug-likeness (QED) is 0.556. The molecule has 0 atom stereocenters. The third-order valence-electron chi connectivity index (χ3n) is 1.85. The molecule has 0 unspecified atom stereocenters. The lowest BCUT2D eigenvalue weighted by Crippen LogP contribution is -2.00. The van der Waals surface area contributed by atoms with E-state index in [2.05, 4.69) is 4.72 Å². The van der Waals surface area contributed by atoms with Crippen LogP contribution in [0.15, 0.2) is 12.1 Å². The van der Waals surface area contributed by atoms with Crippen molar-refractivity contribution in [1.82, 2.24) is 0 Å². The molecule has 1 aromatic carbocycles. The van der Waals surface area contributed by atoms with E-state index in [1.54, 1.807) is 6.07 Å². The highest BCUT2D eigenvalue weighted by molar-refractivity contribution is 8.00. The Morgan fingerprint density at radius 1 is 1.41 bits per heavy atom. The van der Waals surface area contributed by atoms with E-state index >= 15 is 0 Å². The molecule has 0 radical (unpaired) electrons. The molecule has 0 saturated carbocycles. The van der Waals surface area contributed by atoms with Crippen molar-refractivity contribution < 1.29 is 15.0 Å². The minimum Gasteiger partial charge on any atom is -0.478 e. The van der Waals surface area contributed by atoms with E-state index in [9.17, 15) is 4.79 Å². The third kappa shape index (κ3) is 4.27. The summed E-state index contributed by atoms with van der Waals surface area (Å²) >= 11 is 12.9. The molecule has 0 amide bonds. The van der Waals surface area contributed by atoms with Crippen molar-refractivity contribution in [2.45, 2.75) is 6.42 Å². The number of aromatic carboxylic acids is 1. The molecule has 1 aromatic rings. The Morgan fingerprint density at radius 3 is 2.71 bits per heavy atom. The van der Waals surface area contributed by atoms with E-state index in [-0.39, 0.29) is 22.2 Å². The molecule has 4 nitrogen and oxygen atoms in total. The van der Waals surface area contributed by atoms with Crippen LogP contribution in [0.2, 0.25) is 10.0 Å². The molecule has 0 saturated heterocycles. The number of carbonyl (C=O) groups is 1. The molecule has 0 aliphatic heterocycles. The maximum atomic E-state index is 10.9. The van der Waals surface area contributed by atoms with Crippen molar-refractivity contribution in [3.05, 3.63) is 27.7 Å². The molecule has 17 heavy (non-hydrogen) atoms. The van der Waals surface area contributed by atoms with Gasteiger partial charge in [-0.05, 0) is 18.6 Å². The first-order chi connectivity index (χ1) is 8.06. The molecular weight excluding hydrogens is 285 g/mol. The van der Waals surface area contributed by atoms with Gasteiger partial charge >= 0.3 is 5.97 Å². The maximum Gasteiger partial charge on any atom is 0.337 e. The molecule has 0 aromatic heterocycles. The summed E-state index contributed by atoms with van der Waals surface area (Å²) in [6.07, 6.45) is 0.658. The van der Waals surface area contributed by atoms with Crippen LogP contribution < -0.4 is 4.72 Å². The summed E-state index contributed by atoms with van der Waals surface area (Å²) in [5.41, 5.74) is 0.532. The Morgan fingerprint density at radius 2 is 2.12 bits per heavy atom. The first kappa shape index (κ1) is 14.4. The van der Waals surface area contributed by atoms with Gasteiger partial charge in [0.25, 0.3) is 0 Å². The largest absolute Gasteiger partial charge is 0.478 e. The average Bonchev–Trinajstić information content (AvgIpc) is 2.28. The second-order valence-corrected chi connectivity index (χ2v) is 4.84. The van der Waals surface area contributed by atoms with Crippen LogP contribution in [-0.4, -0.2) is 28.5 Å². The molecule has 1 rings (SSSR count). The summed E-state index contributed by atoms with van der Waals surface area (Å²) in [5.74, 6) is -0.417. The highest BCUT2D eigenvalue weighted by Gasteiger charge is 2.13. The standard InChI is InChI=1S/C10H11Cl2NO3S/c11-8-5-6(13-17-3-1-2-14)4-7(9(8)12)10(15)16/h4-5,13-14H,1-3H2,(H,15,16). The number of hydrogen-bond acceptors (Lipinski definition) is 4. The van der Waals surface area contributed by atoms with E-state index in [1.807, 2.05) is 0 Å². The second-order valence-electron chi connectivity index (χ2n) is 3.15. The van der Waals surface area contributed by atoms with Gasteiger partial charge in [0.1, 0.15) is 0 Å². The fourth-order valence-electron chi connectivity index (χ4n) is 1.07. The van der Waals surface area contributed by atoms with Gasteiger partial charge < -0.3 is 14.9 Å². The Kier molecular flexibility index (Phi) is 5.91. The van der Waals surface area contributed by atoms with E-state index in [0.717, 1.165) is 0 Å². The number of benzene rings is 1. The summed E-state index contributed by atoms with van der Waals surface area (Å²) in [6.45, 7) is 0.121. The number of anilines is 1. The third-order valence-corrected chi connectivity index (χ3v) is 3.53. The van der Waals surface area contributed by atoms with Crippen molar-refractivity contribution in [1.29, 1.82) is 0 Å². The van der Waals surface area contributed by atoms with Gasteiger partial charge in [-0.3, -0.25) is 0 Å². The van der Waals surface area contributed by atoms with E-state index < -0.39 is 5.97 Å². The highest BCUT2D eigenvalue weighted by atomic mass is 35.5. The van der Waals surface area contributed by atoms with Gasteiger partial charge in [-0.25, -0.2) is 4.79 Å². The van der Waals surface area contributed by atoms with E-state index in [0.29, 0.717) is 17.9 Å². The molecular formula is C10H11Cl2NO3S. The zero-order valence-corrected chi connectivity index (χ0v) is 11.1. The summed E-state index contributed by atoms with van der Waals surface area (Å²) in [6, 6.07) is 2.98. The normalized spacial score (nSPS) is 10.3. The molecule has 0 heterocycles. The number of aliphatic hydroxyl groups is 1. The monoisotopic (exact) mass is 295 g/mol. The zero-order valence-electron chi connectivity index (χ0n) is 8.74. The minimum atomic E-state index is -1.12. The smallest absolute Gasteiger partial charge is 0.337 e. The van der Waals surface area contributed by atoms with Gasteiger partial charge in [0.2, 0.25) is 0 Å². The van der Waals surface area contributed by atoms with Crippen molar-refractivity contribution in [2.75, 3.05) is 17.1 Å². The Bertz CT molecular complexity index is 415. The number of nitrogens with one attached hydrogen (secondary N) is 1. The van der Waals surface area contributed by atoms with Crippen molar-refractivity contribution in [3.8, 4) is 0 Å². The van der Waals surface area contributed by atoms with Crippen LogP contribution >= 0.6 is 35.1 Å². The minimum absolute atomic E-state index is 0.0325. The lowest BCUT2D eigenvalue weighted by molar-refractivity contribution is 0.0697. The maximum absolute atomic E-state index is 10.9. The predicted octanol–water partition coefficient (Wildman–Crippen LogP) is 3.13. The number of rotatable bonds is 6. The van der Waals surface area contributed by atoms with Gasteiger partial charge in [0.05, 0.1) is 15.6 Å². The molecule has 0 spiro atoms. The molecule has 7 heteroatoms. The predicted molar refractivity (Wildman–Crippen MR) is 71.2 cm³/mol. The molecule has 0 fully saturated rings. The fourth-order valence-corrected chi connectivity index (χ4v) is 2.14. The highest BCUT2D eigenvalue weighted by Crippen LogP contribution is 2.30. The lowest BCUT2D eigenvalue weighted by Gasteiger charge is -2.08. The van der Waals surface area contributed by atoms with Crippen molar-refractivity contribution >= 4 is 46.8 Å². The summed E-state index contributed by atoms with van der Waals surface area (Å²) in [4.78, 5) is 10.9. The summed E-state index contributed by atoms with van der Waals surface area (Å²) < 4.78 is 2.94. The van der Waals surface area contributed by atoms with Crippen LogP contribution in [0.25, 0.3) is 0 Å². The van der Waals surface area contributed by atoms with E-state index in [4.69, 9.17) is 33.4 Å².